The molecule has 1 aliphatic rings. The monoisotopic (exact) mass is 378 g/mol. The average Bonchev–Trinajstić information content (AvgIpc) is 2.75. The second kappa shape index (κ2) is 13.2. The van der Waals surface area contributed by atoms with Crippen LogP contribution in [-0.4, -0.2) is 42.0 Å². The molecule has 2 unspecified atom stereocenters. The van der Waals surface area contributed by atoms with Crippen molar-refractivity contribution in [3.05, 3.63) is 71.8 Å². The van der Waals surface area contributed by atoms with Gasteiger partial charge in [-0.1, -0.05) is 74.5 Å². The largest absolute Gasteiger partial charge is 0.301 e. The van der Waals surface area contributed by atoms with E-state index in [1.807, 2.05) is 27.7 Å². The van der Waals surface area contributed by atoms with Crippen LogP contribution in [0.3, 0.4) is 0 Å². The molecule has 0 bridgehead atoms. The molecular formula is C26H38N2. The van der Waals surface area contributed by atoms with Crippen LogP contribution < -0.4 is 0 Å². The van der Waals surface area contributed by atoms with Crippen LogP contribution in [0.25, 0.3) is 0 Å². The van der Waals surface area contributed by atoms with E-state index in [-0.39, 0.29) is 0 Å². The fraction of sp³-hybridized carbons (Fsp3) is 0.462. The van der Waals surface area contributed by atoms with Crippen molar-refractivity contribution in [3.63, 3.8) is 0 Å². The number of hydrogen-bond acceptors (Lipinski definition) is 2. The molecule has 2 nitrogen and oxygen atoms in total. The van der Waals surface area contributed by atoms with Gasteiger partial charge in [-0.2, -0.15) is 0 Å². The molecule has 0 radical (unpaired) electrons. The van der Waals surface area contributed by atoms with Crippen molar-refractivity contribution in [3.8, 4) is 11.8 Å². The second-order valence-electron chi connectivity index (χ2n) is 7.06. The molecule has 2 heteroatoms. The number of piperazine rings is 1. The smallest absolute Gasteiger partial charge is 0.0605 e. The standard InChI is InChI=1S/C20H26N2.C4H6.C2H6/c1-16-15-22(17(2)14-21(16)3)20(18-10-6-4-7-11-18)19-12-8-5-9-13-19;1-3-4-2;1-2/h4-13,16-17,20H,14-15H2,1-3H3;1-2H3;1-2H3. The molecule has 1 heterocycles. The molecule has 1 saturated heterocycles. The predicted octanol–water partition coefficient (Wildman–Crippen LogP) is 5.86. The summed E-state index contributed by atoms with van der Waals surface area (Å²) < 4.78 is 0. The van der Waals surface area contributed by atoms with E-state index < -0.39 is 0 Å². The van der Waals surface area contributed by atoms with Gasteiger partial charge in [-0.05, 0) is 45.9 Å². The van der Waals surface area contributed by atoms with Gasteiger partial charge in [0, 0.05) is 25.2 Å². The summed E-state index contributed by atoms with van der Waals surface area (Å²) in [5.74, 6) is 5.36. The third-order valence-corrected chi connectivity index (χ3v) is 5.16. The molecule has 1 fully saturated rings. The molecule has 0 N–H and O–H groups in total. The second-order valence-corrected chi connectivity index (χ2v) is 7.06. The lowest BCUT2D eigenvalue weighted by Gasteiger charge is -2.46. The van der Waals surface area contributed by atoms with Crippen molar-refractivity contribution in [1.82, 2.24) is 9.80 Å². The maximum atomic E-state index is 2.68. The molecule has 2 aromatic carbocycles. The minimum Gasteiger partial charge on any atom is -0.301 e. The summed E-state index contributed by atoms with van der Waals surface area (Å²) in [7, 11) is 2.23. The molecule has 3 rings (SSSR count). The summed E-state index contributed by atoms with van der Waals surface area (Å²) in [6.45, 7) is 14.5. The maximum absolute atomic E-state index is 2.68. The van der Waals surface area contributed by atoms with E-state index in [2.05, 4.69) is 103 Å². The fourth-order valence-corrected chi connectivity index (χ4v) is 3.53. The lowest BCUT2D eigenvalue weighted by molar-refractivity contribution is 0.0390. The average molecular weight is 379 g/mol. The molecule has 2 atom stereocenters. The number of rotatable bonds is 3. The van der Waals surface area contributed by atoms with Gasteiger partial charge in [0.05, 0.1) is 6.04 Å². The summed E-state index contributed by atoms with van der Waals surface area (Å²) in [5, 5.41) is 0. The van der Waals surface area contributed by atoms with E-state index >= 15 is 0 Å². The molecular weight excluding hydrogens is 340 g/mol. The zero-order chi connectivity index (χ0) is 20.9. The Balaban J connectivity index is 0.000000583. The quantitative estimate of drug-likeness (QED) is 0.618. The Labute approximate surface area is 173 Å². The molecule has 0 saturated carbocycles. The highest BCUT2D eigenvalue weighted by atomic mass is 15.3. The van der Waals surface area contributed by atoms with Crippen LogP contribution in [0.5, 0.6) is 0 Å². The van der Waals surface area contributed by atoms with Crippen molar-refractivity contribution in [1.29, 1.82) is 0 Å². The first kappa shape index (κ1) is 24.0. The minimum absolute atomic E-state index is 0.341. The van der Waals surface area contributed by atoms with Gasteiger partial charge in [-0.3, -0.25) is 4.90 Å². The van der Waals surface area contributed by atoms with Crippen LogP contribution >= 0.6 is 0 Å². The van der Waals surface area contributed by atoms with Crippen molar-refractivity contribution in [2.24, 2.45) is 0 Å². The highest BCUT2D eigenvalue weighted by Gasteiger charge is 2.33. The molecule has 0 aliphatic carbocycles. The minimum atomic E-state index is 0.341. The van der Waals surface area contributed by atoms with Gasteiger partial charge >= 0.3 is 0 Å². The third kappa shape index (κ3) is 6.82. The molecule has 28 heavy (non-hydrogen) atoms. The number of hydrogen-bond donors (Lipinski definition) is 0. The first-order valence-electron chi connectivity index (χ1n) is 10.5. The normalized spacial score (nSPS) is 19.4. The molecule has 0 amide bonds. The first-order chi connectivity index (χ1) is 13.6. The molecule has 2 aromatic rings. The van der Waals surface area contributed by atoms with Crippen LogP contribution in [0.15, 0.2) is 60.7 Å². The van der Waals surface area contributed by atoms with E-state index in [9.17, 15) is 0 Å². The highest BCUT2D eigenvalue weighted by molar-refractivity contribution is 5.32. The van der Waals surface area contributed by atoms with Crippen LogP contribution in [0.1, 0.15) is 58.7 Å². The van der Waals surface area contributed by atoms with Crippen molar-refractivity contribution < 1.29 is 0 Å². The van der Waals surface area contributed by atoms with Gasteiger partial charge < -0.3 is 4.90 Å². The Morgan fingerprint density at radius 1 is 0.750 bits per heavy atom. The first-order valence-corrected chi connectivity index (χ1v) is 10.5. The van der Waals surface area contributed by atoms with Crippen LogP contribution in [0.2, 0.25) is 0 Å². The van der Waals surface area contributed by atoms with Crippen LogP contribution in [0, 0.1) is 11.8 Å². The highest BCUT2D eigenvalue weighted by Crippen LogP contribution is 2.32. The predicted molar refractivity (Wildman–Crippen MR) is 123 cm³/mol. The summed E-state index contributed by atoms with van der Waals surface area (Å²) in [5.41, 5.74) is 2.77. The summed E-state index contributed by atoms with van der Waals surface area (Å²) in [4.78, 5) is 5.13. The SMILES string of the molecule is CC.CC#CC.CC1CN(C(c2ccccc2)c2ccccc2)C(C)CN1C. The van der Waals surface area contributed by atoms with Crippen LogP contribution in [-0.2, 0) is 0 Å². The Hall–Kier alpha value is -2.08. The summed E-state index contributed by atoms with van der Waals surface area (Å²) >= 11 is 0. The fourth-order valence-electron chi connectivity index (χ4n) is 3.53. The third-order valence-electron chi connectivity index (χ3n) is 5.16. The Morgan fingerprint density at radius 2 is 1.18 bits per heavy atom. The van der Waals surface area contributed by atoms with Crippen LogP contribution in [0.4, 0.5) is 0 Å². The lowest BCUT2D eigenvalue weighted by atomic mass is 9.94. The zero-order valence-corrected chi connectivity index (χ0v) is 18.8. The molecule has 1 aliphatic heterocycles. The Bertz CT molecular complexity index is 654. The van der Waals surface area contributed by atoms with E-state index in [0.29, 0.717) is 18.1 Å². The molecule has 152 valence electrons. The summed E-state index contributed by atoms with van der Waals surface area (Å²) in [6.07, 6.45) is 0. The number of benzene rings is 2. The molecule has 0 aromatic heterocycles. The van der Waals surface area contributed by atoms with Crippen molar-refractivity contribution in [2.45, 2.75) is 59.7 Å². The zero-order valence-electron chi connectivity index (χ0n) is 18.8. The van der Waals surface area contributed by atoms with Gasteiger partial charge in [0.1, 0.15) is 0 Å². The molecule has 0 spiro atoms. The van der Waals surface area contributed by atoms with Crippen molar-refractivity contribution in [2.75, 3.05) is 20.1 Å². The van der Waals surface area contributed by atoms with E-state index in [4.69, 9.17) is 0 Å². The lowest BCUT2D eigenvalue weighted by Crippen LogP contribution is -2.55. The Morgan fingerprint density at radius 3 is 1.57 bits per heavy atom. The number of nitrogens with zero attached hydrogens (tertiary/aromatic N) is 2. The maximum Gasteiger partial charge on any atom is 0.0605 e. The summed E-state index contributed by atoms with van der Waals surface area (Å²) in [6, 6.07) is 23.3. The Kier molecular flexibility index (Phi) is 11.3. The van der Waals surface area contributed by atoms with Gasteiger partial charge in [0.15, 0.2) is 0 Å². The van der Waals surface area contributed by atoms with Crippen molar-refractivity contribution >= 4 is 0 Å². The van der Waals surface area contributed by atoms with Gasteiger partial charge in [-0.15, -0.1) is 11.8 Å². The van der Waals surface area contributed by atoms with E-state index in [1.165, 1.54) is 11.1 Å². The van der Waals surface area contributed by atoms with Gasteiger partial charge in [0.2, 0.25) is 0 Å². The van der Waals surface area contributed by atoms with E-state index in [0.717, 1.165) is 13.1 Å². The van der Waals surface area contributed by atoms with Gasteiger partial charge in [0.25, 0.3) is 0 Å². The van der Waals surface area contributed by atoms with E-state index in [1.54, 1.807) is 0 Å². The number of likely N-dealkylation sites (N-methyl/N-ethyl adjacent to an activating group) is 1. The van der Waals surface area contributed by atoms with Gasteiger partial charge in [-0.25, -0.2) is 0 Å². The topological polar surface area (TPSA) is 6.48 Å².